The summed E-state index contributed by atoms with van der Waals surface area (Å²) in [7, 11) is -2.62. The minimum absolute atomic E-state index is 0.0207. The van der Waals surface area contributed by atoms with E-state index in [4.69, 9.17) is 4.74 Å². The van der Waals surface area contributed by atoms with Gasteiger partial charge in [-0.05, 0) is 78.4 Å². The van der Waals surface area contributed by atoms with Gasteiger partial charge in [-0.25, -0.2) is 17.2 Å². The Morgan fingerprint density at radius 3 is 2.14 bits per heavy atom. The molecule has 0 fully saturated rings. The molecule has 3 rings (SSSR count). The zero-order chi connectivity index (χ0) is 25.3. The smallest absolute Gasteiger partial charge is 0.264 e. The first kappa shape index (κ1) is 26.5. The maximum absolute atomic E-state index is 13.4. The normalized spacial score (nSPS) is 11.2. The zero-order valence-electron chi connectivity index (χ0n) is 19.1. The number of nitrogens with one attached hydrogen (secondary N) is 1. The Bertz CT molecular complexity index is 1200. The molecule has 0 heterocycles. The molecule has 3 aromatic carbocycles. The van der Waals surface area contributed by atoms with Crippen molar-refractivity contribution in [1.29, 1.82) is 0 Å². The van der Waals surface area contributed by atoms with E-state index in [1.54, 1.807) is 23.9 Å². The van der Waals surface area contributed by atoms with Crippen LogP contribution in [-0.4, -0.2) is 40.3 Å². The molecule has 0 radical (unpaired) electrons. The average molecular weight is 521 g/mol. The number of rotatable bonds is 12. The zero-order valence-corrected chi connectivity index (χ0v) is 20.7. The number of carbonyl (C=O) groups excluding carboxylic acids is 1. The second-order valence-electron chi connectivity index (χ2n) is 7.55. The predicted octanol–water partition coefficient (Wildman–Crippen LogP) is 4.61. The first-order valence-electron chi connectivity index (χ1n) is 10.8. The molecule has 0 atom stereocenters. The van der Waals surface area contributed by atoms with Crippen LogP contribution in [0.4, 0.5) is 14.5 Å². The van der Waals surface area contributed by atoms with Crippen LogP contribution in [0, 0.1) is 11.6 Å². The maximum atomic E-state index is 13.4. The molecule has 10 heteroatoms. The molecule has 3 aromatic rings. The Hall–Kier alpha value is -3.11. The lowest BCUT2D eigenvalue weighted by Crippen LogP contribution is -2.41. The van der Waals surface area contributed by atoms with Crippen molar-refractivity contribution in [2.45, 2.75) is 17.1 Å². The molecule has 1 amide bonds. The van der Waals surface area contributed by atoms with Crippen molar-refractivity contribution in [3.05, 3.63) is 90.0 Å². The van der Waals surface area contributed by atoms with Crippen molar-refractivity contribution in [2.24, 2.45) is 0 Å². The molecule has 0 aliphatic carbocycles. The average Bonchev–Trinajstić information content (AvgIpc) is 2.86. The fourth-order valence-corrected chi connectivity index (χ4v) is 5.50. The molecule has 0 unspecified atom stereocenters. The molecule has 0 bridgehead atoms. The van der Waals surface area contributed by atoms with Gasteiger partial charge < -0.3 is 10.1 Å². The number of thioether (sulfide) groups is 1. The molecule has 186 valence electrons. The Morgan fingerprint density at radius 1 is 0.943 bits per heavy atom. The Labute approximate surface area is 208 Å². The van der Waals surface area contributed by atoms with E-state index < -0.39 is 28.3 Å². The van der Waals surface area contributed by atoms with E-state index in [0.29, 0.717) is 18.7 Å². The van der Waals surface area contributed by atoms with Crippen LogP contribution in [-0.2, 0) is 20.6 Å². The fourth-order valence-electron chi connectivity index (χ4n) is 3.16. The van der Waals surface area contributed by atoms with Crippen LogP contribution in [0.3, 0.4) is 0 Å². The van der Waals surface area contributed by atoms with Crippen LogP contribution in [0.2, 0.25) is 0 Å². The van der Waals surface area contributed by atoms with Crippen molar-refractivity contribution in [3.63, 3.8) is 0 Å². The summed E-state index contributed by atoms with van der Waals surface area (Å²) in [5.74, 6) is 0.724. The second-order valence-corrected chi connectivity index (χ2v) is 10.5. The molecule has 0 spiro atoms. The quantitative estimate of drug-likeness (QED) is 0.353. The van der Waals surface area contributed by atoms with Gasteiger partial charge in [0.25, 0.3) is 10.0 Å². The van der Waals surface area contributed by atoms with Crippen LogP contribution < -0.4 is 14.4 Å². The molecule has 0 aliphatic heterocycles. The van der Waals surface area contributed by atoms with Crippen LogP contribution in [0.15, 0.2) is 77.7 Å². The van der Waals surface area contributed by atoms with Gasteiger partial charge in [-0.3, -0.25) is 9.10 Å². The van der Waals surface area contributed by atoms with E-state index in [0.717, 1.165) is 33.5 Å². The number of carbonyl (C=O) groups is 1. The third-order valence-electron chi connectivity index (χ3n) is 5.02. The van der Waals surface area contributed by atoms with Gasteiger partial charge in [0.2, 0.25) is 5.91 Å². The molecule has 6 nitrogen and oxygen atoms in total. The molecule has 0 aliphatic rings. The number of hydrogen-bond donors (Lipinski definition) is 1. The number of ether oxygens (including phenoxy) is 1. The minimum Gasteiger partial charge on any atom is -0.497 e. The van der Waals surface area contributed by atoms with E-state index in [-0.39, 0.29) is 16.4 Å². The highest BCUT2D eigenvalue weighted by atomic mass is 32.2. The topological polar surface area (TPSA) is 75.7 Å². The van der Waals surface area contributed by atoms with Crippen LogP contribution in [0.1, 0.15) is 12.0 Å². The largest absolute Gasteiger partial charge is 0.497 e. The summed E-state index contributed by atoms with van der Waals surface area (Å²) in [6.07, 6.45) is 0.680. The van der Waals surface area contributed by atoms with E-state index in [1.807, 2.05) is 0 Å². The number of anilines is 1. The molecule has 0 saturated carbocycles. The molecule has 0 saturated heterocycles. The summed E-state index contributed by atoms with van der Waals surface area (Å²) in [6.45, 7) is -0.0855. The lowest BCUT2D eigenvalue weighted by molar-refractivity contribution is -0.119. The number of benzene rings is 3. The van der Waals surface area contributed by atoms with Crippen LogP contribution >= 0.6 is 11.8 Å². The number of amides is 1. The lowest BCUT2D eigenvalue weighted by Gasteiger charge is -2.24. The molecular weight excluding hydrogens is 494 g/mol. The summed E-state index contributed by atoms with van der Waals surface area (Å²) >= 11 is 1.65. The second kappa shape index (κ2) is 12.6. The summed E-state index contributed by atoms with van der Waals surface area (Å²) in [5, 5.41) is 2.74. The van der Waals surface area contributed by atoms with Gasteiger partial charge >= 0.3 is 0 Å². The minimum atomic E-state index is -4.10. The van der Waals surface area contributed by atoms with Gasteiger partial charge in [0.15, 0.2) is 0 Å². The van der Waals surface area contributed by atoms with Gasteiger partial charge in [-0.1, -0.05) is 12.1 Å². The van der Waals surface area contributed by atoms with E-state index in [2.05, 4.69) is 5.32 Å². The van der Waals surface area contributed by atoms with Gasteiger partial charge in [0.1, 0.15) is 23.9 Å². The fraction of sp³-hybridized carbons (Fsp3) is 0.240. The Balaban J connectivity index is 1.59. The summed E-state index contributed by atoms with van der Waals surface area (Å²) in [5.41, 5.74) is 1.19. The lowest BCUT2D eigenvalue weighted by atomic mass is 10.2. The van der Waals surface area contributed by atoms with Crippen molar-refractivity contribution in [1.82, 2.24) is 5.32 Å². The molecule has 0 aromatic heterocycles. The highest BCUT2D eigenvalue weighted by molar-refractivity contribution is 7.98. The third kappa shape index (κ3) is 7.69. The standard InChI is InChI=1S/C25H26F2N2O4S2/c1-33-23-11-13-24(14-12-23)35(31,32)29(22-9-7-21(27)8-10-22)17-25(30)28-15-2-16-34-18-19-3-5-20(26)6-4-19/h3-14H,2,15-18H2,1H3,(H,28,30). The van der Waals surface area contributed by atoms with Gasteiger partial charge in [-0.15, -0.1) is 0 Å². The highest BCUT2D eigenvalue weighted by Gasteiger charge is 2.27. The number of hydrogen-bond acceptors (Lipinski definition) is 5. The van der Waals surface area contributed by atoms with Gasteiger partial charge in [0.05, 0.1) is 17.7 Å². The van der Waals surface area contributed by atoms with E-state index in [9.17, 15) is 22.0 Å². The molecule has 1 N–H and O–H groups in total. The summed E-state index contributed by atoms with van der Waals surface area (Å²) < 4.78 is 59.0. The monoisotopic (exact) mass is 520 g/mol. The van der Waals surface area contributed by atoms with E-state index >= 15 is 0 Å². The highest BCUT2D eigenvalue weighted by Crippen LogP contribution is 2.25. The number of methoxy groups -OCH3 is 1. The Kier molecular flexibility index (Phi) is 9.50. The SMILES string of the molecule is COc1ccc(S(=O)(=O)N(CC(=O)NCCCSCc2ccc(F)cc2)c2ccc(F)cc2)cc1. The van der Waals surface area contributed by atoms with Gasteiger partial charge in [0, 0.05) is 12.3 Å². The van der Waals surface area contributed by atoms with Gasteiger partial charge in [-0.2, -0.15) is 11.8 Å². The third-order valence-corrected chi connectivity index (χ3v) is 7.92. The van der Waals surface area contributed by atoms with Crippen molar-refractivity contribution >= 4 is 33.4 Å². The summed E-state index contributed by atoms with van der Waals surface area (Å²) in [4.78, 5) is 12.6. The first-order chi connectivity index (χ1) is 16.8. The van der Waals surface area contributed by atoms with Crippen LogP contribution in [0.25, 0.3) is 0 Å². The van der Waals surface area contributed by atoms with E-state index in [1.165, 1.54) is 55.6 Å². The van der Waals surface area contributed by atoms with Crippen molar-refractivity contribution in [3.8, 4) is 5.75 Å². The van der Waals surface area contributed by atoms with Crippen molar-refractivity contribution in [2.75, 3.05) is 30.3 Å². The number of halogens is 2. The first-order valence-corrected chi connectivity index (χ1v) is 13.4. The summed E-state index contributed by atoms with van der Waals surface area (Å²) in [6, 6.07) is 17.0. The Morgan fingerprint density at radius 2 is 1.54 bits per heavy atom. The van der Waals surface area contributed by atoms with Crippen molar-refractivity contribution < 1.29 is 26.7 Å². The predicted molar refractivity (Wildman–Crippen MR) is 134 cm³/mol. The number of sulfonamides is 1. The maximum Gasteiger partial charge on any atom is 0.264 e. The van der Waals surface area contributed by atoms with Crippen LogP contribution in [0.5, 0.6) is 5.75 Å². The molecule has 35 heavy (non-hydrogen) atoms. The molecular formula is C25H26F2N2O4S2. The number of nitrogens with zero attached hydrogens (tertiary/aromatic N) is 1.